The van der Waals surface area contributed by atoms with E-state index in [9.17, 15) is 9.59 Å². The third-order valence-corrected chi connectivity index (χ3v) is 1.70. The average molecular weight is 191 g/mol. The van der Waals surface area contributed by atoms with Crippen LogP contribution in [0.3, 0.4) is 0 Å². The lowest BCUT2D eigenvalue weighted by Crippen LogP contribution is -2.30. The summed E-state index contributed by atoms with van der Waals surface area (Å²) in [6.07, 6.45) is 0.728. The quantitative estimate of drug-likeness (QED) is 0.738. The highest BCUT2D eigenvalue weighted by atomic mass is 16.1. The molecule has 1 aromatic rings. The van der Waals surface area contributed by atoms with Crippen LogP contribution in [0, 0.1) is 0 Å². The van der Waals surface area contributed by atoms with Crippen molar-refractivity contribution in [3.63, 3.8) is 0 Å². The molecule has 0 heterocycles. The van der Waals surface area contributed by atoms with Gasteiger partial charge in [0.2, 0.25) is 0 Å². The second-order valence-electron chi connectivity index (χ2n) is 3.37. The predicted octanol–water partition coefficient (Wildman–Crippen LogP) is 1.64. The van der Waals surface area contributed by atoms with Crippen molar-refractivity contribution in [2.24, 2.45) is 0 Å². The summed E-state index contributed by atoms with van der Waals surface area (Å²) in [7, 11) is 0. The van der Waals surface area contributed by atoms with E-state index < -0.39 is 0 Å². The Kier molecular flexibility index (Phi) is 3.40. The van der Waals surface area contributed by atoms with Gasteiger partial charge in [0.25, 0.3) is 5.91 Å². The number of rotatable bonds is 3. The van der Waals surface area contributed by atoms with E-state index in [1.54, 1.807) is 24.3 Å². The first-order valence-electron chi connectivity index (χ1n) is 4.49. The van der Waals surface area contributed by atoms with Gasteiger partial charge in [-0.15, -0.1) is 0 Å². The van der Waals surface area contributed by atoms with E-state index in [4.69, 9.17) is 0 Å². The normalized spacial score (nSPS) is 9.93. The summed E-state index contributed by atoms with van der Waals surface area (Å²) in [6.45, 7) is 3.78. The predicted molar refractivity (Wildman–Crippen MR) is 54.4 cm³/mol. The lowest BCUT2D eigenvalue weighted by atomic mass is 10.1. The van der Waals surface area contributed by atoms with Crippen molar-refractivity contribution in [1.29, 1.82) is 0 Å². The number of amides is 1. The summed E-state index contributed by atoms with van der Waals surface area (Å²) < 4.78 is 0. The zero-order valence-electron chi connectivity index (χ0n) is 8.28. The largest absolute Gasteiger partial charge is 0.350 e. The van der Waals surface area contributed by atoms with Gasteiger partial charge in [0.1, 0.15) is 6.29 Å². The molecule has 0 atom stereocenters. The van der Waals surface area contributed by atoms with Crippen LogP contribution in [-0.4, -0.2) is 18.2 Å². The molecule has 1 N–H and O–H groups in total. The highest BCUT2D eigenvalue weighted by molar-refractivity contribution is 5.95. The van der Waals surface area contributed by atoms with Crippen LogP contribution in [0.15, 0.2) is 24.3 Å². The number of hydrogen-bond acceptors (Lipinski definition) is 2. The Morgan fingerprint density at radius 3 is 2.71 bits per heavy atom. The number of nitrogens with one attached hydrogen (secondary N) is 1. The van der Waals surface area contributed by atoms with Gasteiger partial charge in [-0.2, -0.15) is 0 Å². The molecular weight excluding hydrogens is 178 g/mol. The molecular formula is C11H13NO2. The van der Waals surface area contributed by atoms with Crippen LogP contribution in [0.2, 0.25) is 0 Å². The second-order valence-corrected chi connectivity index (χ2v) is 3.37. The highest BCUT2D eigenvalue weighted by Crippen LogP contribution is 2.03. The monoisotopic (exact) mass is 191 g/mol. The average Bonchev–Trinajstić information content (AvgIpc) is 2.17. The summed E-state index contributed by atoms with van der Waals surface area (Å²) in [4.78, 5) is 22.0. The Balaban J connectivity index is 2.84. The lowest BCUT2D eigenvalue weighted by molar-refractivity contribution is 0.0943. The molecule has 3 heteroatoms. The van der Waals surface area contributed by atoms with Crippen molar-refractivity contribution < 1.29 is 9.59 Å². The number of hydrogen-bond donors (Lipinski definition) is 1. The fraction of sp³-hybridized carbons (Fsp3) is 0.273. The van der Waals surface area contributed by atoms with Gasteiger partial charge in [-0.25, -0.2) is 0 Å². The minimum atomic E-state index is -0.149. The van der Waals surface area contributed by atoms with Crippen molar-refractivity contribution in [3.05, 3.63) is 35.4 Å². The smallest absolute Gasteiger partial charge is 0.251 e. The molecule has 0 bridgehead atoms. The number of carbonyl (C=O) groups is 2. The molecule has 0 saturated heterocycles. The maximum absolute atomic E-state index is 11.5. The van der Waals surface area contributed by atoms with Crippen molar-refractivity contribution >= 4 is 12.2 Å². The van der Waals surface area contributed by atoms with Crippen LogP contribution >= 0.6 is 0 Å². The first-order valence-corrected chi connectivity index (χ1v) is 4.49. The number of aldehydes is 1. The molecule has 0 spiro atoms. The summed E-state index contributed by atoms with van der Waals surface area (Å²) in [5.41, 5.74) is 1.03. The Hall–Kier alpha value is -1.64. The highest BCUT2D eigenvalue weighted by Gasteiger charge is 2.06. The topological polar surface area (TPSA) is 46.2 Å². The molecule has 0 saturated carbocycles. The Labute approximate surface area is 83.1 Å². The summed E-state index contributed by atoms with van der Waals surface area (Å²) in [6, 6.07) is 6.72. The summed E-state index contributed by atoms with van der Waals surface area (Å²) in [5, 5.41) is 2.76. The van der Waals surface area contributed by atoms with Gasteiger partial charge < -0.3 is 5.32 Å². The zero-order chi connectivity index (χ0) is 10.6. The van der Waals surface area contributed by atoms with Crippen LogP contribution in [-0.2, 0) is 0 Å². The fourth-order valence-electron chi connectivity index (χ4n) is 1.10. The van der Waals surface area contributed by atoms with Crippen LogP contribution in [0.25, 0.3) is 0 Å². The van der Waals surface area contributed by atoms with Gasteiger partial charge in [0, 0.05) is 17.2 Å². The second kappa shape index (κ2) is 4.56. The Morgan fingerprint density at radius 1 is 1.43 bits per heavy atom. The fourth-order valence-corrected chi connectivity index (χ4v) is 1.10. The maximum Gasteiger partial charge on any atom is 0.251 e. The Bertz CT molecular complexity index is 345. The minimum Gasteiger partial charge on any atom is -0.350 e. The van der Waals surface area contributed by atoms with E-state index >= 15 is 0 Å². The third-order valence-electron chi connectivity index (χ3n) is 1.70. The molecule has 0 aliphatic rings. The standard InChI is InChI=1S/C11H13NO2/c1-8(2)12-11(14)10-5-3-4-9(6-10)7-13/h3-8H,1-2H3,(H,12,14). The van der Waals surface area contributed by atoms with Crippen LogP contribution in [0.4, 0.5) is 0 Å². The van der Waals surface area contributed by atoms with E-state index in [-0.39, 0.29) is 11.9 Å². The summed E-state index contributed by atoms with van der Waals surface area (Å²) >= 11 is 0. The van der Waals surface area contributed by atoms with Gasteiger partial charge >= 0.3 is 0 Å². The SMILES string of the molecule is CC(C)NC(=O)c1cccc(C=O)c1. The van der Waals surface area contributed by atoms with Gasteiger partial charge in [-0.3, -0.25) is 9.59 Å². The number of benzene rings is 1. The van der Waals surface area contributed by atoms with Gasteiger partial charge in [0.15, 0.2) is 0 Å². The van der Waals surface area contributed by atoms with Crippen LogP contribution in [0.1, 0.15) is 34.6 Å². The molecule has 74 valence electrons. The van der Waals surface area contributed by atoms with E-state index in [2.05, 4.69) is 5.32 Å². The molecule has 0 aliphatic carbocycles. The van der Waals surface area contributed by atoms with Crippen molar-refractivity contribution in [2.45, 2.75) is 19.9 Å². The molecule has 1 aromatic carbocycles. The van der Waals surface area contributed by atoms with Crippen molar-refractivity contribution in [2.75, 3.05) is 0 Å². The van der Waals surface area contributed by atoms with Gasteiger partial charge in [-0.1, -0.05) is 12.1 Å². The molecule has 14 heavy (non-hydrogen) atoms. The summed E-state index contributed by atoms with van der Waals surface area (Å²) in [5.74, 6) is -0.149. The molecule has 0 aliphatic heterocycles. The third kappa shape index (κ3) is 2.69. The molecule has 0 aromatic heterocycles. The van der Waals surface area contributed by atoms with Crippen LogP contribution < -0.4 is 5.32 Å². The molecule has 1 amide bonds. The first kappa shape index (κ1) is 10.4. The lowest BCUT2D eigenvalue weighted by Gasteiger charge is -2.07. The minimum absolute atomic E-state index is 0.0994. The van der Waals surface area contributed by atoms with E-state index in [1.165, 1.54) is 0 Å². The van der Waals surface area contributed by atoms with Crippen molar-refractivity contribution in [3.8, 4) is 0 Å². The van der Waals surface area contributed by atoms with E-state index in [0.29, 0.717) is 11.1 Å². The Morgan fingerprint density at radius 2 is 2.14 bits per heavy atom. The molecule has 0 radical (unpaired) electrons. The molecule has 3 nitrogen and oxygen atoms in total. The molecule has 0 unspecified atom stereocenters. The van der Waals surface area contributed by atoms with Crippen molar-refractivity contribution in [1.82, 2.24) is 5.32 Å². The van der Waals surface area contributed by atoms with Crippen LogP contribution in [0.5, 0.6) is 0 Å². The first-order chi connectivity index (χ1) is 6.63. The zero-order valence-corrected chi connectivity index (χ0v) is 8.28. The van der Waals surface area contributed by atoms with Gasteiger partial charge in [0.05, 0.1) is 0 Å². The molecule has 1 rings (SSSR count). The maximum atomic E-state index is 11.5. The van der Waals surface area contributed by atoms with Gasteiger partial charge in [-0.05, 0) is 26.0 Å². The number of carbonyl (C=O) groups excluding carboxylic acids is 2. The molecule has 0 fully saturated rings. The van der Waals surface area contributed by atoms with E-state index in [1.807, 2.05) is 13.8 Å². The van der Waals surface area contributed by atoms with E-state index in [0.717, 1.165) is 6.29 Å².